The Morgan fingerprint density at radius 2 is 1.75 bits per heavy atom. The number of hydrogen-bond acceptors (Lipinski definition) is 3. The molecule has 20 heavy (non-hydrogen) atoms. The summed E-state index contributed by atoms with van der Waals surface area (Å²) in [6, 6.07) is 17.7. The predicted molar refractivity (Wildman–Crippen MR) is 78.4 cm³/mol. The minimum Gasteiger partial charge on any atom is -0.371 e. The summed E-state index contributed by atoms with van der Waals surface area (Å²) in [5.41, 5.74) is -0.205. The SMILES string of the molecule is Cc1ccc(S(=O)CC(O)(C#N)c2ccccc2)cc1. The first-order chi connectivity index (χ1) is 9.55. The van der Waals surface area contributed by atoms with Gasteiger partial charge in [-0.1, -0.05) is 48.0 Å². The molecule has 0 aliphatic heterocycles. The summed E-state index contributed by atoms with van der Waals surface area (Å²) >= 11 is 0. The topological polar surface area (TPSA) is 61.1 Å². The molecule has 0 saturated heterocycles. The summed E-state index contributed by atoms with van der Waals surface area (Å²) in [4.78, 5) is 0.611. The molecule has 3 nitrogen and oxygen atoms in total. The average Bonchev–Trinajstić information content (AvgIpc) is 2.48. The molecule has 2 aromatic carbocycles. The first-order valence-electron chi connectivity index (χ1n) is 6.19. The minimum atomic E-state index is -1.74. The highest BCUT2D eigenvalue weighted by Crippen LogP contribution is 2.23. The van der Waals surface area contributed by atoms with E-state index in [0.29, 0.717) is 10.5 Å². The molecule has 2 aromatic rings. The van der Waals surface area contributed by atoms with Crippen molar-refractivity contribution >= 4 is 10.8 Å². The molecule has 4 heteroatoms. The summed E-state index contributed by atoms with van der Waals surface area (Å²) in [5, 5.41) is 19.7. The molecule has 0 aromatic heterocycles. The van der Waals surface area contributed by atoms with Crippen molar-refractivity contribution in [2.45, 2.75) is 17.4 Å². The van der Waals surface area contributed by atoms with E-state index in [0.717, 1.165) is 5.56 Å². The van der Waals surface area contributed by atoms with Gasteiger partial charge in [-0.05, 0) is 24.6 Å². The normalized spacial score (nSPS) is 15.1. The van der Waals surface area contributed by atoms with Gasteiger partial charge in [0.1, 0.15) is 6.07 Å². The van der Waals surface area contributed by atoms with Crippen LogP contribution >= 0.6 is 0 Å². The Morgan fingerprint density at radius 3 is 2.30 bits per heavy atom. The Kier molecular flexibility index (Phi) is 4.33. The van der Waals surface area contributed by atoms with E-state index >= 15 is 0 Å². The van der Waals surface area contributed by atoms with E-state index in [2.05, 4.69) is 0 Å². The van der Waals surface area contributed by atoms with Gasteiger partial charge in [0, 0.05) is 4.90 Å². The maximum atomic E-state index is 12.3. The van der Waals surface area contributed by atoms with Crippen LogP contribution in [0.4, 0.5) is 0 Å². The largest absolute Gasteiger partial charge is 0.371 e. The van der Waals surface area contributed by atoms with Crippen molar-refractivity contribution < 1.29 is 9.32 Å². The molecule has 0 bridgehead atoms. The van der Waals surface area contributed by atoms with Crippen LogP contribution in [0.25, 0.3) is 0 Å². The van der Waals surface area contributed by atoms with Crippen molar-refractivity contribution in [3.05, 3.63) is 65.7 Å². The second kappa shape index (κ2) is 6.00. The number of aryl methyl sites for hydroxylation is 1. The molecule has 0 heterocycles. The second-order valence-electron chi connectivity index (χ2n) is 4.64. The summed E-state index contributed by atoms with van der Waals surface area (Å²) in [6.45, 7) is 1.95. The third-order valence-electron chi connectivity index (χ3n) is 3.06. The monoisotopic (exact) mass is 285 g/mol. The van der Waals surface area contributed by atoms with Crippen LogP contribution in [0.2, 0.25) is 0 Å². The van der Waals surface area contributed by atoms with Crippen LogP contribution in [0.5, 0.6) is 0 Å². The van der Waals surface area contributed by atoms with Crippen LogP contribution in [0.1, 0.15) is 11.1 Å². The summed E-state index contributed by atoms with van der Waals surface area (Å²) in [7, 11) is -1.43. The van der Waals surface area contributed by atoms with Gasteiger partial charge >= 0.3 is 0 Å². The number of aliphatic hydroxyl groups is 1. The molecule has 2 atom stereocenters. The Labute approximate surface area is 121 Å². The lowest BCUT2D eigenvalue weighted by atomic mass is 9.98. The molecular formula is C16H15NO2S. The third-order valence-corrected chi connectivity index (χ3v) is 4.54. The standard InChI is InChI=1S/C16H15NO2S/c1-13-7-9-15(10-8-13)20(19)12-16(18,11-17)14-5-3-2-4-6-14/h2-10,18H,12H2,1H3. The van der Waals surface area contributed by atoms with E-state index in [-0.39, 0.29) is 5.75 Å². The molecule has 0 radical (unpaired) electrons. The van der Waals surface area contributed by atoms with E-state index < -0.39 is 16.4 Å². The maximum absolute atomic E-state index is 12.3. The highest BCUT2D eigenvalue weighted by Gasteiger charge is 2.31. The van der Waals surface area contributed by atoms with Gasteiger partial charge in [-0.3, -0.25) is 4.21 Å². The number of benzene rings is 2. The van der Waals surface area contributed by atoms with E-state index in [9.17, 15) is 14.6 Å². The highest BCUT2D eigenvalue weighted by molar-refractivity contribution is 7.85. The third kappa shape index (κ3) is 3.13. The quantitative estimate of drug-likeness (QED) is 0.878. The molecule has 2 rings (SSSR count). The van der Waals surface area contributed by atoms with Crippen molar-refractivity contribution in [3.63, 3.8) is 0 Å². The lowest BCUT2D eigenvalue weighted by Crippen LogP contribution is -2.30. The Morgan fingerprint density at radius 1 is 1.15 bits per heavy atom. The Bertz CT molecular complexity index is 646. The van der Waals surface area contributed by atoms with Gasteiger partial charge in [0.25, 0.3) is 0 Å². The van der Waals surface area contributed by atoms with E-state index in [1.165, 1.54) is 0 Å². The van der Waals surface area contributed by atoms with Crippen LogP contribution in [-0.2, 0) is 16.4 Å². The Balaban J connectivity index is 2.25. The zero-order valence-electron chi connectivity index (χ0n) is 11.1. The minimum absolute atomic E-state index is 0.142. The van der Waals surface area contributed by atoms with Crippen molar-refractivity contribution in [1.29, 1.82) is 5.26 Å². The number of nitrogens with zero attached hydrogens (tertiary/aromatic N) is 1. The lowest BCUT2D eigenvalue weighted by Gasteiger charge is -2.20. The van der Waals surface area contributed by atoms with Gasteiger partial charge in [0.05, 0.1) is 16.6 Å². The lowest BCUT2D eigenvalue weighted by molar-refractivity contribution is 0.124. The predicted octanol–water partition coefficient (Wildman–Crippen LogP) is 2.51. The maximum Gasteiger partial charge on any atom is 0.188 e. The smallest absolute Gasteiger partial charge is 0.188 e. The van der Waals surface area contributed by atoms with Gasteiger partial charge in [0.2, 0.25) is 0 Å². The number of hydrogen-bond donors (Lipinski definition) is 1. The number of nitriles is 1. The van der Waals surface area contributed by atoms with E-state index in [4.69, 9.17) is 0 Å². The van der Waals surface area contributed by atoms with Crippen molar-refractivity contribution in [2.24, 2.45) is 0 Å². The Hall–Kier alpha value is -1.96. The molecule has 102 valence electrons. The van der Waals surface area contributed by atoms with Crippen molar-refractivity contribution in [2.75, 3.05) is 5.75 Å². The summed E-state index contributed by atoms with van der Waals surface area (Å²) in [6.07, 6.45) is 0. The molecule has 0 saturated carbocycles. The fraction of sp³-hybridized carbons (Fsp3) is 0.188. The first-order valence-corrected chi connectivity index (χ1v) is 7.51. The van der Waals surface area contributed by atoms with Gasteiger partial charge in [-0.15, -0.1) is 0 Å². The highest BCUT2D eigenvalue weighted by atomic mass is 32.2. The van der Waals surface area contributed by atoms with E-state index in [1.54, 1.807) is 42.5 Å². The molecular weight excluding hydrogens is 270 g/mol. The average molecular weight is 285 g/mol. The van der Waals surface area contributed by atoms with Crippen molar-refractivity contribution in [3.8, 4) is 6.07 Å². The zero-order chi connectivity index (χ0) is 14.6. The molecule has 2 unspecified atom stereocenters. The molecule has 0 fully saturated rings. The summed E-state index contributed by atoms with van der Waals surface area (Å²) in [5.74, 6) is -0.142. The van der Waals surface area contributed by atoms with Crippen LogP contribution in [0.15, 0.2) is 59.5 Å². The molecule has 0 amide bonds. The molecule has 0 aliphatic carbocycles. The fourth-order valence-corrected chi connectivity index (χ4v) is 3.07. The molecule has 0 aliphatic rings. The van der Waals surface area contributed by atoms with Gasteiger partial charge < -0.3 is 5.11 Å². The van der Waals surface area contributed by atoms with Crippen molar-refractivity contribution in [1.82, 2.24) is 0 Å². The first kappa shape index (κ1) is 14.4. The molecule has 1 N–H and O–H groups in total. The van der Waals surface area contributed by atoms with Gasteiger partial charge in [-0.25, -0.2) is 0 Å². The van der Waals surface area contributed by atoms with Crippen LogP contribution in [0.3, 0.4) is 0 Å². The van der Waals surface area contributed by atoms with E-state index in [1.807, 2.05) is 25.1 Å². The zero-order valence-corrected chi connectivity index (χ0v) is 11.9. The number of rotatable bonds is 4. The fourth-order valence-electron chi connectivity index (χ4n) is 1.86. The van der Waals surface area contributed by atoms with Gasteiger partial charge in [0.15, 0.2) is 5.60 Å². The van der Waals surface area contributed by atoms with Crippen LogP contribution in [0, 0.1) is 18.3 Å². The van der Waals surface area contributed by atoms with Gasteiger partial charge in [-0.2, -0.15) is 5.26 Å². The second-order valence-corrected chi connectivity index (χ2v) is 6.09. The van der Waals surface area contributed by atoms with Crippen LogP contribution < -0.4 is 0 Å². The van der Waals surface area contributed by atoms with Crippen LogP contribution in [-0.4, -0.2) is 15.1 Å². The molecule has 0 spiro atoms. The summed E-state index contributed by atoms with van der Waals surface area (Å²) < 4.78 is 12.3.